The van der Waals surface area contributed by atoms with E-state index in [9.17, 15) is 4.79 Å². The summed E-state index contributed by atoms with van der Waals surface area (Å²) in [6, 6.07) is 10.1. The number of nitrogens with zero attached hydrogens (tertiary/aromatic N) is 1. The van der Waals surface area contributed by atoms with Gasteiger partial charge in [-0.05, 0) is 45.7 Å². The summed E-state index contributed by atoms with van der Waals surface area (Å²) in [6.07, 6.45) is 0. The summed E-state index contributed by atoms with van der Waals surface area (Å²) in [5.74, 6) is -0.397. The van der Waals surface area contributed by atoms with Crippen molar-refractivity contribution in [2.45, 2.75) is 40.2 Å². The molecule has 0 unspecified atom stereocenters. The molecule has 0 bridgehead atoms. The van der Waals surface area contributed by atoms with Crippen LogP contribution in [0, 0.1) is 13.8 Å². The Kier molecular flexibility index (Phi) is 4.29. The van der Waals surface area contributed by atoms with Crippen LogP contribution in [0.4, 0.5) is 5.69 Å². The van der Waals surface area contributed by atoms with E-state index >= 15 is 0 Å². The van der Waals surface area contributed by atoms with Crippen molar-refractivity contribution in [1.29, 1.82) is 0 Å². The maximum atomic E-state index is 12.5. The van der Waals surface area contributed by atoms with Crippen LogP contribution in [0.25, 0.3) is 21.3 Å². The number of nitrogens with two attached hydrogens (primary N) is 1. The van der Waals surface area contributed by atoms with E-state index in [0.717, 1.165) is 32.6 Å². The molecule has 0 saturated carbocycles. The first-order valence-electron chi connectivity index (χ1n) is 8.17. The molecule has 3 aromatic rings. The summed E-state index contributed by atoms with van der Waals surface area (Å²) < 4.78 is 5.48. The van der Waals surface area contributed by atoms with Crippen molar-refractivity contribution < 1.29 is 9.53 Å². The standard InChI is InChI=1S/C20H22N2O2S/c1-11-14(13-9-7-6-8-10-13)12(2)22-18-15(11)16(21)17(25-18)19(23)24-20(3,4)5/h6-10H,21H2,1-5H3. The van der Waals surface area contributed by atoms with E-state index in [1.807, 2.05) is 52.8 Å². The topological polar surface area (TPSA) is 65.2 Å². The van der Waals surface area contributed by atoms with Crippen LogP contribution in [0.2, 0.25) is 0 Å². The van der Waals surface area contributed by atoms with E-state index in [0.29, 0.717) is 10.6 Å². The monoisotopic (exact) mass is 354 g/mol. The third-order valence-electron chi connectivity index (χ3n) is 3.95. The maximum Gasteiger partial charge on any atom is 0.351 e. The average molecular weight is 354 g/mol. The average Bonchev–Trinajstić information content (AvgIpc) is 2.83. The van der Waals surface area contributed by atoms with Gasteiger partial charge in [-0.1, -0.05) is 30.3 Å². The SMILES string of the molecule is Cc1nc2sc(C(=O)OC(C)(C)C)c(N)c2c(C)c1-c1ccccc1. The number of benzene rings is 1. The fourth-order valence-electron chi connectivity index (χ4n) is 2.98. The molecule has 5 heteroatoms. The second kappa shape index (κ2) is 6.15. The predicted molar refractivity (Wildman–Crippen MR) is 104 cm³/mol. The summed E-state index contributed by atoms with van der Waals surface area (Å²) in [6.45, 7) is 9.54. The van der Waals surface area contributed by atoms with E-state index in [2.05, 4.69) is 12.1 Å². The molecule has 130 valence electrons. The third-order valence-corrected chi connectivity index (χ3v) is 5.03. The molecule has 4 nitrogen and oxygen atoms in total. The molecule has 25 heavy (non-hydrogen) atoms. The number of thiophene rings is 1. The van der Waals surface area contributed by atoms with Crippen LogP contribution in [-0.2, 0) is 4.74 Å². The zero-order valence-electron chi connectivity index (χ0n) is 15.1. The lowest BCUT2D eigenvalue weighted by Gasteiger charge is -2.19. The van der Waals surface area contributed by atoms with Crippen LogP contribution in [0.5, 0.6) is 0 Å². The minimum Gasteiger partial charge on any atom is -0.456 e. The van der Waals surface area contributed by atoms with E-state index in [1.165, 1.54) is 11.3 Å². The molecule has 0 amide bonds. The van der Waals surface area contributed by atoms with Crippen molar-refractivity contribution >= 4 is 33.2 Å². The van der Waals surface area contributed by atoms with Gasteiger partial charge in [0.15, 0.2) is 0 Å². The van der Waals surface area contributed by atoms with Gasteiger partial charge in [0, 0.05) is 16.6 Å². The lowest BCUT2D eigenvalue weighted by molar-refractivity contribution is 0.00764. The number of carbonyl (C=O) groups excluding carboxylic acids is 1. The smallest absolute Gasteiger partial charge is 0.351 e. The fraction of sp³-hybridized carbons (Fsp3) is 0.300. The summed E-state index contributed by atoms with van der Waals surface area (Å²) in [4.78, 5) is 18.4. The third kappa shape index (κ3) is 3.24. The Morgan fingerprint density at radius 3 is 2.40 bits per heavy atom. The number of hydrogen-bond donors (Lipinski definition) is 1. The first-order valence-corrected chi connectivity index (χ1v) is 8.98. The van der Waals surface area contributed by atoms with Crippen LogP contribution >= 0.6 is 11.3 Å². The van der Waals surface area contributed by atoms with Gasteiger partial charge in [0.05, 0.1) is 5.69 Å². The van der Waals surface area contributed by atoms with Crippen LogP contribution in [-0.4, -0.2) is 16.6 Å². The van der Waals surface area contributed by atoms with Gasteiger partial charge >= 0.3 is 5.97 Å². The highest BCUT2D eigenvalue weighted by Crippen LogP contribution is 2.40. The Morgan fingerprint density at radius 2 is 1.80 bits per heavy atom. The number of ether oxygens (including phenoxy) is 1. The van der Waals surface area contributed by atoms with Gasteiger partial charge < -0.3 is 10.5 Å². The normalized spacial score (nSPS) is 11.7. The summed E-state index contributed by atoms with van der Waals surface area (Å²) in [5, 5.41) is 0.843. The van der Waals surface area contributed by atoms with Crippen molar-refractivity contribution in [3.8, 4) is 11.1 Å². The Bertz CT molecular complexity index is 953. The number of hydrogen-bond acceptors (Lipinski definition) is 5. The molecule has 0 radical (unpaired) electrons. The van der Waals surface area contributed by atoms with Gasteiger partial charge in [-0.3, -0.25) is 0 Å². The highest BCUT2D eigenvalue weighted by Gasteiger charge is 2.25. The molecule has 2 aromatic heterocycles. The highest BCUT2D eigenvalue weighted by atomic mass is 32.1. The number of fused-ring (bicyclic) bond motifs is 1. The number of pyridine rings is 1. The lowest BCUT2D eigenvalue weighted by Crippen LogP contribution is -2.23. The molecule has 0 fully saturated rings. The van der Waals surface area contributed by atoms with Crippen LogP contribution in [0.3, 0.4) is 0 Å². The van der Waals surface area contributed by atoms with Gasteiger partial charge in [0.1, 0.15) is 15.3 Å². The molecule has 1 aromatic carbocycles. The van der Waals surface area contributed by atoms with Gasteiger partial charge in [-0.15, -0.1) is 11.3 Å². The van der Waals surface area contributed by atoms with Gasteiger partial charge in [0.25, 0.3) is 0 Å². The fourth-order valence-corrected chi connectivity index (χ4v) is 4.06. The van der Waals surface area contributed by atoms with Crippen molar-refractivity contribution in [3.05, 3.63) is 46.5 Å². The minimum absolute atomic E-state index is 0.397. The Morgan fingerprint density at radius 1 is 1.16 bits per heavy atom. The Balaban J connectivity index is 2.20. The van der Waals surface area contributed by atoms with Crippen LogP contribution < -0.4 is 5.73 Å². The van der Waals surface area contributed by atoms with Gasteiger partial charge in [-0.2, -0.15) is 0 Å². The largest absolute Gasteiger partial charge is 0.456 e. The molecule has 0 aliphatic rings. The summed E-state index contributed by atoms with van der Waals surface area (Å²) in [7, 11) is 0. The van der Waals surface area contributed by atoms with Gasteiger partial charge in [0.2, 0.25) is 0 Å². The number of rotatable bonds is 2. The first-order chi connectivity index (χ1) is 11.7. The first kappa shape index (κ1) is 17.4. The van der Waals surface area contributed by atoms with Crippen molar-refractivity contribution in [1.82, 2.24) is 4.98 Å². The van der Waals surface area contributed by atoms with Crippen molar-refractivity contribution in [3.63, 3.8) is 0 Å². The van der Waals surface area contributed by atoms with Crippen molar-refractivity contribution in [2.24, 2.45) is 0 Å². The zero-order valence-corrected chi connectivity index (χ0v) is 16.0. The van der Waals surface area contributed by atoms with Gasteiger partial charge in [-0.25, -0.2) is 9.78 Å². The molecule has 0 aliphatic heterocycles. The molecule has 0 aliphatic carbocycles. The quantitative estimate of drug-likeness (QED) is 0.649. The number of nitrogen functional groups attached to an aromatic ring is 1. The molecule has 0 atom stereocenters. The Labute approximate surface area is 151 Å². The molecule has 0 spiro atoms. The zero-order chi connectivity index (χ0) is 18.4. The summed E-state index contributed by atoms with van der Waals surface area (Å²) >= 11 is 1.29. The number of anilines is 1. The molecule has 0 saturated heterocycles. The van der Waals surface area contributed by atoms with Crippen molar-refractivity contribution in [2.75, 3.05) is 5.73 Å². The molecular formula is C20H22N2O2S. The van der Waals surface area contributed by atoms with E-state index in [1.54, 1.807) is 0 Å². The maximum absolute atomic E-state index is 12.5. The molecular weight excluding hydrogens is 332 g/mol. The molecule has 3 rings (SSSR count). The number of esters is 1. The number of carbonyl (C=O) groups is 1. The van der Waals surface area contributed by atoms with Crippen LogP contribution in [0.1, 0.15) is 41.7 Å². The lowest BCUT2D eigenvalue weighted by atomic mass is 9.97. The second-order valence-corrected chi connectivity index (χ2v) is 8.09. The van der Waals surface area contributed by atoms with E-state index in [4.69, 9.17) is 15.5 Å². The number of aromatic nitrogens is 1. The van der Waals surface area contributed by atoms with E-state index in [-0.39, 0.29) is 0 Å². The molecule has 2 heterocycles. The molecule has 2 N–H and O–H groups in total. The Hall–Kier alpha value is -2.40. The summed E-state index contributed by atoms with van der Waals surface area (Å²) in [5.41, 5.74) is 10.3. The van der Waals surface area contributed by atoms with Crippen LogP contribution in [0.15, 0.2) is 30.3 Å². The van der Waals surface area contributed by atoms with E-state index < -0.39 is 11.6 Å². The predicted octanol–water partition coefficient (Wildman–Crippen LogP) is 5.12. The number of aryl methyl sites for hydroxylation is 2. The second-order valence-electron chi connectivity index (χ2n) is 7.09. The minimum atomic E-state index is -0.562. The highest BCUT2D eigenvalue weighted by molar-refractivity contribution is 7.21.